The topological polar surface area (TPSA) is 29.1 Å². The van der Waals surface area contributed by atoms with Crippen LogP contribution in [0.15, 0.2) is 24.3 Å². The highest BCUT2D eigenvalue weighted by Crippen LogP contribution is 2.47. The minimum atomic E-state index is 0.190. The fraction of sp³-hybridized carbons (Fsp3) is 0.562. The van der Waals surface area contributed by atoms with E-state index in [2.05, 4.69) is 36.5 Å². The number of hydrogen-bond donors (Lipinski definition) is 1. The van der Waals surface area contributed by atoms with Crippen molar-refractivity contribution in [3.63, 3.8) is 0 Å². The molecule has 0 saturated heterocycles. The Morgan fingerprint density at radius 3 is 2.72 bits per heavy atom. The highest BCUT2D eigenvalue weighted by atomic mass is 16.1. The number of carbonyl (C=O) groups excluding carboxylic acids is 1. The molecule has 1 fully saturated rings. The van der Waals surface area contributed by atoms with Crippen LogP contribution in [0.1, 0.15) is 50.7 Å². The van der Waals surface area contributed by atoms with Gasteiger partial charge in [-0.2, -0.15) is 0 Å². The molecule has 1 N–H and O–H groups in total. The van der Waals surface area contributed by atoms with Crippen LogP contribution in [0.4, 0.5) is 0 Å². The molecule has 2 heteroatoms. The first-order valence-corrected chi connectivity index (χ1v) is 7.06. The van der Waals surface area contributed by atoms with E-state index in [1.165, 1.54) is 24.0 Å². The van der Waals surface area contributed by atoms with Gasteiger partial charge in [0.15, 0.2) is 0 Å². The van der Waals surface area contributed by atoms with E-state index in [1.807, 2.05) is 6.92 Å². The Labute approximate surface area is 110 Å². The van der Waals surface area contributed by atoms with Crippen molar-refractivity contribution in [3.8, 4) is 0 Å². The van der Waals surface area contributed by atoms with Gasteiger partial charge in [-0.3, -0.25) is 4.79 Å². The summed E-state index contributed by atoms with van der Waals surface area (Å²) in [5.41, 5.74) is 3.02. The molecule has 0 atom stereocenters. The molecule has 1 aromatic rings. The van der Waals surface area contributed by atoms with E-state index in [9.17, 15) is 4.79 Å². The number of nitrogens with one attached hydrogen (secondary N) is 1. The number of benzene rings is 1. The molecular weight excluding hydrogens is 222 g/mol. The van der Waals surface area contributed by atoms with E-state index in [0.29, 0.717) is 6.42 Å². The van der Waals surface area contributed by atoms with Crippen molar-refractivity contribution in [1.82, 2.24) is 5.32 Å². The highest BCUT2D eigenvalue weighted by Gasteiger charge is 2.44. The number of amides is 1. The van der Waals surface area contributed by atoms with Crippen LogP contribution in [0.5, 0.6) is 0 Å². The maximum absolute atomic E-state index is 11.6. The molecule has 0 spiro atoms. The standard InChI is InChI=1S/C16H23NO/c1-3-6-15(18)17-12-16(9-10-16)14-8-5-7-13(4-2)11-14/h5,7-8,11H,3-4,6,9-10,12H2,1-2H3,(H,17,18). The first-order valence-electron chi connectivity index (χ1n) is 7.06. The lowest BCUT2D eigenvalue weighted by atomic mass is 9.93. The Bertz CT molecular complexity index is 421. The van der Waals surface area contributed by atoms with Gasteiger partial charge in [-0.1, -0.05) is 38.1 Å². The summed E-state index contributed by atoms with van der Waals surface area (Å²) in [7, 11) is 0. The third kappa shape index (κ3) is 2.92. The smallest absolute Gasteiger partial charge is 0.220 e. The van der Waals surface area contributed by atoms with Crippen LogP contribution >= 0.6 is 0 Å². The van der Waals surface area contributed by atoms with Crippen molar-refractivity contribution in [2.75, 3.05) is 6.54 Å². The summed E-state index contributed by atoms with van der Waals surface area (Å²) in [6.07, 6.45) is 5.04. The maximum Gasteiger partial charge on any atom is 0.220 e. The first-order chi connectivity index (χ1) is 8.70. The van der Waals surface area contributed by atoms with Gasteiger partial charge in [-0.15, -0.1) is 0 Å². The molecule has 1 aliphatic carbocycles. The quantitative estimate of drug-likeness (QED) is 0.819. The van der Waals surface area contributed by atoms with E-state index in [1.54, 1.807) is 0 Å². The third-order valence-electron chi connectivity index (χ3n) is 3.90. The fourth-order valence-corrected chi connectivity index (χ4v) is 2.42. The Kier molecular flexibility index (Phi) is 4.05. The molecule has 1 aromatic carbocycles. The first kappa shape index (κ1) is 13.1. The summed E-state index contributed by atoms with van der Waals surface area (Å²) in [6, 6.07) is 8.83. The summed E-state index contributed by atoms with van der Waals surface area (Å²) < 4.78 is 0. The Hall–Kier alpha value is -1.31. The van der Waals surface area contributed by atoms with Crippen LogP contribution in [0, 0.1) is 0 Å². The van der Waals surface area contributed by atoms with Crippen molar-refractivity contribution in [2.24, 2.45) is 0 Å². The van der Waals surface area contributed by atoms with Crippen LogP contribution in [0.25, 0.3) is 0 Å². The number of hydrogen-bond acceptors (Lipinski definition) is 1. The molecule has 2 rings (SSSR count). The molecule has 1 aliphatic rings. The summed E-state index contributed by atoms with van der Waals surface area (Å²) in [5.74, 6) is 0.190. The second-order valence-corrected chi connectivity index (χ2v) is 5.36. The Morgan fingerprint density at radius 1 is 1.33 bits per heavy atom. The highest BCUT2D eigenvalue weighted by molar-refractivity contribution is 5.76. The molecule has 1 amide bonds. The van der Waals surface area contributed by atoms with Crippen molar-refractivity contribution < 1.29 is 4.79 Å². The zero-order chi connectivity index (χ0) is 13.0. The lowest BCUT2D eigenvalue weighted by Crippen LogP contribution is -2.32. The molecule has 0 heterocycles. The fourth-order valence-electron chi connectivity index (χ4n) is 2.42. The van der Waals surface area contributed by atoms with Crippen LogP contribution in [0.2, 0.25) is 0 Å². The minimum absolute atomic E-state index is 0.190. The van der Waals surface area contributed by atoms with E-state index in [-0.39, 0.29) is 11.3 Å². The predicted molar refractivity (Wildman–Crippen MR) is 74.6 cm³/mol. The number of rotatable bonds is 6. The molecule has 0 aromatic heterocycles. The van der Waals surface area contributed by atoms with Crippen LogP contribution in [-0.2, 0) is 16.6 Å². The lowest BCUT2D eigenvalue weighted by molar-refractivity contribution is -0.121. The van der Waals surface area contributed by atoms with E-state index in [0.717, 1.165) is 19.4 Å². The van der Waals surface area contributed by atoms with Crippen LogP contribution in [-0.4, -0.2) is 12.5 Å². The minimum Gasteiger partial charge on any atom is -0.355 e. The second-order valence-electron chi connectivity index (χ2n) is 5.36. The summed E-state index contributed by atoms with van der Waals surface area (Å²) >= 11 is 0. The molecule has 98 valence electrons. The molecule has 1 saturated carbocycles. The van der Waals surface area contributed by atoms with Crippen LogP contribution < -0.4 is 5.32 Å². The summed E-state index contributed by atoms with van der Waals surface area (Å²) in [4.78, 5) is 11.6. The van der Waals surface area contributed by atoms with Gasteiger partial charge in [0.2, 0.25) is 5.91 Å². The maximum atomic E-state index is 11.6. The molecule has 2 nitrogen and oxygen atoms in total. The van der Waals surface area contributed by atoms with Crippen molar-refractivity contribution >= 4 is 5.91 Å². The van der Waals surface area contributed by atoms with Gasteiger partial charge in [0, 0.05) is 18.4 Å². The van der Waals surface area contributed by atoms with Crippen molar-refractivity contribution in [1.29, 1.82) is 0 Å². The molecule has 0 unspecified atom stereocenters. The Balaban J connectivity index is 2.00. The SMILES string of the molecule is CCCC(=O)NCC1(c2cccc(CC)c2)CC1. The predicted octanol–water partition coefficient (Wildman–Crippen LogP) is 3.20. The summed E-state index contributed by atoms with van der Waals surface area (Å²) in [5, 5.41) is 3.08. The van der Waals surface area contributed by atoms with Gasteiger partial charge in [-0.05, 0) is 36.8 Å². The van der Waals surface area contributed by atoms with Gasteiger partial charge in [0.05, 0.1) is 0 Å². The summed E-state index contributed by atoms with van der Waals surface area (Å²) in [6.45, 7) is 5.03. The molecule has 0 bridgehead atoms. The normalized spacial score (nSPS) is 16.3. The average Bonchev–Trinajstić information content (AvgIpc) is 3.18. The average molecular weight is 245 g/mol. The van der Waals surface area contributed by atoms with Crippen molar-refractivity contribution in [3.05, 3.63) is 35.4 Å². The molecule has 0 aliphatic heterocycles. The van der Waals surface area contributed by atoms with E-state index >= 15 is 0 Å². The largest absolute Gasteiger partial charge is 0.355 e. The van der Waals surface area contributed by atoms with E-state index < -0.39 is 0 Å². The van der Waals surface area contributed by atoms with Gasteiger partial charge in [0.1, 0.15) is 0 Å². The lowest BCUT2D eigenvalue weighted by Gasteiger charge is -2.17. The van der Waals surface area contributed by atoms with Gasteiger partial charge in [0.25, 0.3) is 0 Å². The number of aryl methyl sites for hydroxylation is 1. The van der Waals surface area contributed by atoms with Gasteiger partial charge < -0.3 is 5.32 Å². The zero-order valence-electron chi connectivity index (χ0n) is 11.5. The third-order valence-corrected chi connectivity index (χ3v) is 3.90. The number of carbonyl (C=O) groups is 1. The Morgan fingerprint density at radius 2 is 2.11 bits per heavy atom. The molecule has 18 heavy (non-hydrogen) atoms. The zero-order valence-corrected chi connectivity index (χ0v) is 11.5. The monoisotopic (exact) mass is 245 g/mol. The van der Waals surface area contributed by atoms with Crippen molar-refractivity contribution in [2.45, 2.75) is 51.4 Å². The molecular formula is C16H23NO. The second kappa shape index (κ2) is 5.55. The van der Waals surface area contributed by atoms with Crippen LogP contribution in [0.3, 0.4) is 0 Å². The van der Waals surface area contributed by atoms with Gasteiger partial charge >= 0.3 is 0 Å². The molecule has 0 radical (unpaired) electrons. The van der Waals surface area contributed by atoms with Gasteiger partial charge in [-0.25, -0.2) is 0 Å². The van der Waals surface area contributed by atoms with E-state index in [4.69, 9.17) is 0 Å².